The number of nitrogen functional groups attached to an aromatic ring is 1. The standard InChI is InChI=1S/C15H11NO3/c16-13-11-8-4-5-9-12(11)19-15(17)14(13)18-10-6-2-1-3-7-10/h1-9H,16H2. The van der Waals surface area contributed by atoms with E-state index < -0.39 is 5.63 Å². The van der Waals surface area contributed by atoms with Crippen molar-refractivity contribution in [3.63, 3.8) is 0 Å². The highest BCUT2D eigenvalue weighted by Crippen LogP contribution is 2.30. The van der Waals surface area contributed by atoms with Gasteiger partial charge in [0.2, 0.25) is 5.75 Å². The molecule has 0 atom stereocenters. The summed E-state index contributed by atoms with van der Waals surface area (Å²) in [7, 11) is 0. The molecule has 2 aromatic carbocycles. The Labute approximate surface area is 109 Å². The number of nitrogens with two attached hydrogens (primary N) is 1. The van der Waals surface area contributed by atoms with Crippen LogP contribution in [0, 0.1) is 0 Å². The van der Waals surface area contributed by atoms with Gasteiger partial charge in [-0.3, -0.25) is 0 Å². The van der Waals surface area contributed by atoms with E-state index in [0.29, 0.717) is 16.7 Å². The number of benzene rings is 2. The lowest BCUT2D eigenvalue weighted by atomic mass is 10.2. The molecule has 4 heteroatoms. The predicted molar refractivity (Wildman–Crippen MR) is 73.4 cm³/mol. The molecule has 1 heterocycles. The quantitative estimate of drug-likeness (QED) is 0.712. The third-order valence-electron chi connectivity index (χ3n) is 2.77. The fourth-order valence-corrected chi connectivity index (χ4v) is 1.86. The summed E-state index contributed by atoms with van der Waals surface area (Å²) in [4.78, 5) is 11.9. The van der Waals surface area contributed by atoms with Crippen molar-refractivity contribution in [2.24, 2.45) is 0 Å². The maximum atomic E-state index is 11.9. The maximum absolute atomic E-state index is 11.9. The Morgan fingerprint density at radius 2 is 1.63 bits per heavy atom. The number of anilines is 1. The van der Waals surface area contributed by atoms with E-state index in [-0.39, 0.29) is 11.4 Å². The van der Waals surface area contributed by atoms with Gasteiger partial charge in [-0.15, -0.1) is 0 Å². The summed E-state index contributed by atoms with van der Waals surface area (Å²) in [6.07, 6.45) is 0. The van der Waals surface area contributed by atoms with Gasteiger partial charge in [0.15, 0.2) is 0 Å². The third-order valence-corrected chi connectivity index (χ3v) is 2.77. The van der Waals surface area contributed by atoms with Crippen LogP contribution < -0.4 is 16.1 Å². The Kier molecular flexibility index (Phi) is 2.68. The lowest BCUT2D eigenvalue weighted by Gasteiger charge is -2.08. The van der Waals surface area contributed by atoms with Crippen molar-refractivity contribution in [1.82, 2.24) is 0 Å². The molecule has 2 N–H and O–H groups in total. The Balaban J connectivity index is 2.16. The van der Waals surface area contributed by atoms with E-state index in [1.54, 1.807) is 30.3 Å². The number of ether oxygens (including phenoxy) is 1. The maximum Gasteiger partial charge on any atom is 0.381 e. The number of rotatable bonds is 2. The van der Waals surface area contributed by atoms with Crippen molar-refractivity contribution in [1.29, 1.82) is 0 Å². The van der Waals surface area contributed by atoms with E-state index in [4.69, 9.17) is 14.9 Å². The highest BCUT2D eigenvalue weighted by molar-refractivity contribution is 5.91. The van der Waals surface area contributed by atoms with Crippen LogP contribution in [-0.4, -0.2) is 0 Å². The van der Waals surface area contributed by atoms with Gasteiger partial charge in [0, 0.05) is 5.39 Å². The van der Waals surface area contributed by atoms with Gasteiger partial charge in [-0.1, -0.05) is 30.3 Å². The van der Waals surface area contributed by atoms with Crippen molar-refractivity contribution in [3.8, 4) is 11.5 Å². The van der Waals surface area contributed by atoms with Gasteiger partial charge in [-0.05, 0) is 24.3 Å². The molecule has 19 heavy (non-hydrogen) atoms. The van der Waals surface area contributed by atoms with Crippen molar-refractivity contribution in [2.75, 3.05) is 5.73 Å². The summed E-state index contributed by atoms with van der Waals surface area (Å²) < 4.78 is 10.7. The van der Waals surface area contributed by atoms with Crippen LogP contribution in [0.15, 0.2) is 63.8 Å². The minimum atomic E-state index is -0.583. The first-order valence-electron chi connectivity index (χ1n) is 5.80. The van der Waals surface area contributed by atoms with E-state index >= 15 is 0 Å². The van der Waals surface area contributed by atoms with Gasteiger partial charge in [0.25, 0.3) is 0 Å². The molecule has 0 bridgehead atoms. The summed E-state index contributed by atoms with van der Waals surface area (Å²) in [5, 5.41) is 0.660. The number of para-hydroxylation sites is 2. The van der Waals surface area contributed by atoms with E-state index in [2.05, 4.69) is 0 Å². The number of fused-ring (bicyclic) bond motifs is 1. The Bertz CT molecular complexity index is 778. The molecule has 0 unspecified atom stereocenters. The highest BCUT2D eigenvalue weighted by Gasteiger charge is 2.13. The SMILES string of the molecule is Nc1c(Oc2ccccc2)c(=O)oc2ccccc12. The van der Waals surface area contributed by atoms with Crippen LogP contribution in [-0.2, 0) is 0 Å². The van der Waals surface area contributed by atoms with E-state index in [1.165, 1.54) is 0 Å². The molecule has 94 valence electrons. The molecule has 0 fully saturated rings. The van der Waals surface area contributed by atoms with Gasteiger partial charge in [-0.2, -0.15) is 0 Å². The third kappa shape index (κ3) is 2.04. The van der Waals surface area contributed by atoms with Gasteiger partial charge in [-0.25, -0.2) is 4.79 Å². The van der Waals surface area contributed by atoms with Gasteiger partial charge >= 0.3 is 5.63 Å². The summed E-state index contributed by atoms with van der Waals surface area (Å²) in [6, 6.07) is 16.1. The number of hydrogen-bond donors (Lipinski definition) is 1. The summed E-state index contributed by atoms with van der Waals surface area (Å²) in [5.41, 5.74) is 6.14. The molecule has 0 amide bonds. The van der Waals surface area contributed by atoms with Crippen molar-refractivity contribution < 1.29 is 9.15 Å². The average Bonchev–Trinajstić information content (AvgIpc) is 2.45. The monoisotopic (exact) mass is 253 g/mol. The molecule has 0 aliphatic carbocycles. The summed E-state index contributed by atoms with van der Waals surface area (Å²) in [6.45, 7) is 0. The first-order valence-corrected chi connectivity index (χ1v) is 5.80. The molecule has 0 saturated heterocycles. The second kappa shape index (κ2) is 4.49. The molecule has 0 saturated carbocycles. The highest BCUT2D eigenvalue weighted by atomic mass is 16.5. The van der Waals surface area contributed by atoms with Crippen LogP contribution in [0.5, 0.6) is 11.5 Å². The minimum Gasteiger partial charge on any atom is -0.448 e. The zero-order chi connectivity index (χ0) is 13.2. The fraction of sp³-hybridized carbons (Fsp3) is 0. The van der Waals surface area contributed by atoms with Crippen molar-refractivity contribution >= 4 is 16.7 Å². The van der Waals surface area contributed by atoms with Crippen LogP contribution in [0.3, 0.4) is 0 Å². The second-order valence-corrected chi connectivity index (χ2v) is 4.04. The lowest BCUT2D eigenvalue weighted by Crippen LogP contribution is -2.07. The first kappa shape index (κ1) is 11.3. The van der Waals surface area contributed by atoms with E-state index in [9.17, 15) is 4.79 Å². The molecule has 1 aromatic heterocycles. The molecule has 0 aliphatic rings. The Morgan fingerprint density at radius 1 is 0.947 bits per heavy atom. The first-order chi connectivity index (χ1) is 9.25. The van der Waals surface area contributed by atoms with E-state index in [0.717, 1.165) is 0 Å². The zero-order valence-electron chi connectivity index (χ0n) is 10.00. The molecular formula is C15H11NO3. The number of hydrogen-bond acceptors (Lipinski definition) is 4. The van der Waals surface area contributed by atoms with Crippen LogP contribution in [0.4, 0.5) is 5.69 Å². The largest absolute Gasteiger partial charge is 0.448 e. The molecular weight excluding hydrogens is 242 g/mol. The Morgan fingerprint density at radius 3 is 2.42 bits per heavy atom. The molecule has 3 aromatic rings. The smallest absolute Gasteiger partial charge is 0.381 e. The molecule has 0 spiro atoms. The van der Waals surface area contributed by atoms with Gasteiger partial charge in [0.1, 0.15) is 11.3 Å². The topological polar surface area (TPSA) is 65.5 Å². The van der Waals surface area contributed by atoms with Gasteiger partial charge < -0.3 is 14.9 Å². The Hall–Kier alpha value is -2.75. The minimum absolute atomic E-state index is 0.0184. The summed E-state index contributed by atoms with van der Waals surface area (Å²) >= 11 is 0. The average molecular weight is 253 g/mol. The lowest BCUT2D eigenvalue weighted by molar-refractivity contribution is 0.440. The van der Waals surface area contributed by atoms with Crippen molar-refractivity contribution in [3.05, 3.63) is 65.0 Å². The molecule has 3 rings (SSSR count). The summed E-state index contributed by atoms with van der Waals surface area (Å²) in [5.74, 6) is 0.557. The second-order valence-electron chi connectivity index (χ2n) is 4.04. The normalized spacial score (nSPS) is 10.5. The molecule has 4 nitrogen and oxygen atoms in total. The van der Waals surface area contributed by atoms with Crippen LogP contribution in [0.2, 0.25) is 0 Å². The fourth-order valence-electron chi connectivity index (χ4n) is 1.86. The van der Waals surface area contributed by atoms with Crippen molar-refractivity contribution in [2.45, 2.75) is 0 Å². The van der Waals surface area contributed by atoms with E-state index in [1.807, 2.05) is 24.3 Å². The molecule has 0 radical (unpaired) electrons. The van der Waals surface area contributed by atoms with Crippen LogP contribution in [0.25, 0.3) is 11.0 Å². The molecule has 0 aliphatic heterocycles. The predicted octanol–water partition coefficient (Wildman–Crippen LogP) is 3.17. The van der Waals surface area contributed by atoms with Crippen LogP contribution >= 0.6 is 0 Å². The van der Waals surface area contributed by atoms with Crippen LogP contribution in [0.1, 0.15) is 0 Å². The van der Waals surface area contributed by atoms with Gasteiger partial charge in [0.05, 0.1) is 5.69 Å². The zero-order valence-corrected chi connectivity index (χ0v) is 10.00.